The van der Waals surface area contributed by atoms with Crippen molar-refractivity contribution in [3.05, 3.63) is 59.4 Å². The number of hydrogen-bond acceptors (Lipinski definition) is 2. The van der Waals surface area contributed by atoms with E-state index in [4.69, 9.17) is 0 Å². The molecule has 116 valence electrons. The summed E-state index contributed by atoms with van der Waals surface area (Å²) in [5.41, 5.74) is 3.04. The number of nitrogens with zero attached hydrogens (tertiary/aromatic N) is 2. The third-order valence-electron chi connectivity index (χ3n) is 4.34. The standard InChI is InChI=1S/C18H23N3O/c1-20-16(14-21-11-5-6-12-21)9-10-17(20)18(22)19-13-15-7-3-2-4-8-15/h2-4,7-10H,5-6,11-14H2,1H3,(H,19,22). The average molecular weight is 297 g/mol. The number of aromatic nitrogens is 1. The van der Waals surface area contributed by atoms with Gasteiger partial charge in [-0.1, -0.05) is 30.3 Å². The first-order valence-electron chi connectivity index (χ1n) is 7.93. The van der Waals surface area contributed by atoms with Crippen molar-refractivity contribution in [1.82, 2.24) is 14.8 Å². The number of carbonyl (C=O) groups excluding carboxylic acids is 1. The molecule has 1 aromatic carbocycles. The van der Waals surface area contributed by atoms with Crippen LogP contribution in [0.15, 0.2) is 42.5 Å². The van der Waals surface area contributed by atoms with Gasteiger partial charge in [-0.05, 0) is 43.6 Å². The van der Waals surface area contributed by atoms with Crippen molar-refractivity contribution < 1.29 is 4.79 Å². The van der Waals surface area contributed by atoms with Crippen LogP contribution in [0.25, 0.3) is 0 Å². The molecule has 3 rings (SSSR count). The average Bonchev–Trinajstić information content (AvgIpc) is 3.17. The van der Waals surface area contributed by atoms with Gasteiger partial charge in [0, 0.05) is 25.8 Å². The predicted octanol–water partition coefficient (Wildman–Crippen LogP) is 2.55. The lowest BCUT2D eigenvalue weighted by atomic mass is 10.2. The number of likely N-dealkylation sites (tertiary alicyclic amines) is 1. The minimum absolute atomic E-state index is 0.0148. The van der Waals surface area contributed by atoms with Gasteiger partial charge in [-0.25, -0.2) is 0 Å². The molecule has 2 aromatic rings. The Hall–Kier alpha value is -2.07. The summed E-state index contributed by atoms with van der Waals surface area (Å²) in [6.45, 7) is 3.83. The predicted molar refractivity (Wildman–Crippen MR) is 87.5 cm³/mol. The third-order valence-corrected chi connectivity index (χ3v) is 4.34. The van der Waals surface area contributed by atoms with Gasteiger partial charge in [0.2, 0.25) is 0 Å². The number of nitrogens with one attached hydrogen (secondary N) is 1. The SMILES string of the molecule is Cn1c(CN2CCCC2)ccc1C(=O)NCc1ccccc1. The molecule has 0 unspecified atom stereocenters. The summed E-state index contributed by atoms with van der Waals surface area (Å²) in [5.74, 6) is -0.0148. The maximum atomic E-state index is 12.3. The first kappa shape index (κ1) is 14.9. The van der Waals surface area contributed by atoms with E-state index in [2.05, 4.69) is 16.3 Å². The van der Waals surface area contributed by atoms with Crippen molar-refractivity contribution in [3.63, 3.8) is 0 Å². The highest BCUT2D eigenvalue weighted by Gasteiger charge is 2.16. The summed E-state index contributed by atoms with van der Waals surface area (Å²) in [6.07, 6.45) is 2.57. The zero-order valence-electron chi connectivity index (χ0n) is 13.1. The Kier molecular flexibility index (Phi) is 4.59. The van der Waals surface area contributed by atoms with E-state index in [1.54, 1.807) is 0 Å². The van der Waals surface area contributed by atoms with Crippen molar-refractivity contribution >= 4 is 5.91 Å². The summed E-state index contributed by atoms with van der Waals surface area (Å²) < 4.78 is 2.01. The largest absolute Gasteiger partial charge is 0.347 e. The Bertz CT molecular complexity index is 627. The van der Waals surface area contributed by atoms with Crippen LogP contribution in [0.5, 0.6) is 0 Å². The molecule has 1 aliphatic rings. The second-order valence-electron chi connectivity index (χ2n) is 5.92. The highest BCUT2D eigenvalue weighted by Crippen LogP contribution is 2.15. The Morgan fingerprint density at radius 3 is 2.55 bits per heavy atom. The maximum absolute atomic E-state index is 12.3. The number of hydrogen-bond donors (Lipinski definition) is 1. The minimum atomic E-state index is -0.0148. The molecular formula is C18H23N3O. The fourth-order valence-corrected chi connectivity index (χ4v) is 2.98. The van der Waals surface area contributed by atoms with Crippen molar-refractivity contribution in [3.8, 4) is 0 Å². The number of benzene rings is 1. The van der Waals surface area contributed by atoms with Gasteiger partial charge in [0.05, 0.1) is 0 Å². The first-order valence-corrected chi connectivity index (χ1v) is 7.93. The van der Waals surface area contributed by atoms with Crippen LogP contribution >= 0.6 is 0 Å². The molecule has 1 aromatic heterocycles. The van der Waals surface area contributed by atoms with Gasteiger partial charge >= 0.3 is 0 Å². The van der Waals surface area contributed by atoms with Gasteiger partial charge in [0.1, 0.15) is 5.69 Å². The van der Waals surface area contributed by atoms with E-state index in [1.165, 1.54) is 31.6 Å². The molecular weight excluding hydrogens is 274 g/mol. The molecule has 22 heavy (non-hydrogen) atoms. The zero-order chi connectivity index (χ0) is 15.4. The summed E-state index contributed by atoms with van der Waals surface area (Å²) in [4.78, 5) is 14.8. The van der Waals surface area contributed by atoms with Crippen LogP contribution in [0, 0.1) is 0 Å². The second kappa shape index (κ2) is 6.79. The number of amides is 1. The van der Waals surface area contributed by atoms with Crippen LogP contribution in [0.3, 0.4) is 0 Å². The van der Waals surface area contributed by atoms with E-state index in [0.717, 1.165) is 17.8 Å². The Morgan fingerprint density at radius 1 is 1.09 bits per heavy atom. The number of rotatable bonds is 5. The third kappa shape index (κ3) is 3.39. The normalized spacial score (nSPS) is 15.1. The molecule has 1 fully saturated rings. The van der Waals surface area contributed by atoms with Crippen LogP contribution < -0.4 is 5.32 Å². The van der Waals surface area contributed by atoms with Crippen molar-refractivity contribution in [2.75, 3.05) is 13.1 Å². The van der Waals surface area contributed by atoms with Crippen LogP contribution in [-0.4, -0.2) is 28.5 Å². The molecule has 2 heterocycles. The molecule has 1 amide bonds. The Labute approximate surface area is 131 Å². The maximum Gasteiger partial charge on any atom is 0.268 e. The molecule has 1 N–H and O–H groups in total. The summed E-state index contributed by atoms with van der Waals surface area (Å²) in [7, 11) is 1.98. The highest BCUT2D eigenvalue weighted by molar-refractivity contribution is 5.92. The van der Waals surface area contributed by atoms with Crippen LogP contribution in [-0.2, 0) is 20.1 Å². The number of carbonyl (C=O) groups is 1. The van der Waals surface area contributed by atoms with Gasteiger partial charge < -0.3 is 9.88 Å². The summed E-state index contributed by atoms with van der Waals surface area (Å²) >= 11 is 0. The van der Waals surface area contributed by atoms with Gasteiger partial charge in [0.15, 0.2) is 0 Å². The smallest absolute Gasteiger partial charge is 0.268 e. The van der Waals surface area contributed by atoms with Crippen LogP contribution in [0.2, 0.25) is 0 Å². The van der Waals surface area contributed by atoms with Gasteiger partial charge in [-0.3, -0.25) is 9.69 Å². The first-order chi connectivity index (χ1) is 10.7. The van der Waals surface area contributed by atoms with E-state index >= 15 is 0 Å². The van der Waals surface area contributed by atoms with Crippen LogP contribution in [0.1, 0.15) is 34.6 Å². The summed E-state index contributed by atoms with van der Waals surface area (Å²) in [6, 6.07) is 14.0. The zero-order valence-corrected chi connectivity index (χ0v) is 13.1. The van der Waals surface area contributed by atoms with Crippen molar-refractivity contribution in [2.24, 2.45) is 7.05 Å². The van der Waals surface area contributed by atoms with Crippen LogP contribution in [0.4, 0.5) is 0 Å². The highest BCUT2D eigenvalue weighted by atomic mass is 16.1. The fourth-order valence-electron chi connectivity index (χ4n) is 2.98. The lowest BCUT2D eigenvalue weighted by Crippen LogP contribution is -2.26. The monoisotopic (exact) mass is 297 g/mol. The van der Waals surface area contributed by atoms with Gasteiger partial charge in [-0.15, -0.1) is 0 Å². The molecule has 1 aliphatic heterocycles. The summed E-state index contributed by atoms with van der Waals surface area (Å²) in [5, 5.41) is 2.99. The van der Waals surface area contributed by atoms with Gasteiger partial charge in [-0.2, -0.15) is 0 Å². The van der Waals surface area contributed by atoms with Crippen molar-refractivity contribution in [1.29, 1.82) is 0 Å². The lowest BCUT2D eigenvalue weighted by molar-refractivity contribution is 0.0942. The van der Waals surface area contributed by atoms with E-state index in [9.17, 15) is 4.79 Å². The quantitative estimate of drug-likeness (QED) is 0.921. The van der Waals surface area contributed by atoms with E-state index < -0.39 is 0 Å². The topological polar surface area (TPSA) is 37.3 Å². The Balaban J connectivity index is 1.61. The molecule has 4 heteroatoms. The molecule has 4 nitrogen and oxygen atoms in total. The van der Waals surface area contributed by atoms with E-state index in [-0.39, 0.29) is 5.91 Å². The van der Waals surface area contributed by atoms with Gasteiger partial charge in [0.25, 0.3) is 5.91 Å². The second-order valence-corrected chi connectivity index (χ2v) is 5.92. The molecule has 0 spiro atoms. The molecule has 1 saturated heterocycles. The van der Waals surface area contributed by atoms with E-state index in [1.807, 2.05) is 48.0 Å². The van der Waals surface area contributed by atoms with Crippen molar-refractivity contribution in [2.45, 2.75) is 25.9 Å². The molecule has 0 radical (unpaired) electrons. The minimum Gasteiger partial charge on any atom is -0.347 e. The molecule has 0 saturated carbocycles. The molecule has 0 atom stereocenters. The Morgan fingerprint density at radius 2 is 1.82 bits per heavy atom. The lowest BCUT2D eigenvalue weighted by Gasteiger charge is -2.15. The fraction of sp³-hybridized carbons (Fsp3) is 0.389. The molecule has 0 bridgehead atoms. The van der Waals surface area contributed by atoms with E-state index in [0.29, 0.717) is 6.54 Å². The molecule has 0 aliphatic carbocycles.